The molecule has 1 heterocycles. The number of carbonyl (C=O) groups excluding carboxylic acids is 3. The van der Waals surface area contributed by atoms with Gasteiger partial charge in [-0.3, -0.25) is 19.2 Å². The van der Waals surface area contributed by atoms with Crippen molar-refractivity contribution in [3.8, 4) is 0 Å². The van der Waals surface area contributed by atoms with Crippen LogP contribution in [0.5, 0.6) is 0 Å². The number of carboxylic acids is 1. The maximum absolute atomic E-state index is 12.1. The first kappa shape index (κ1) is 12.3. The number of rotatable bonds is 2. The average Bonchev–Trinajstić information content (AvgIpc) is 3.14. The van der Waals surface area contributed by atoms with Gasteiger partial charge in [0.1, 0.15) is 0 Å². The summed E-state index contributed by atoms with van der Waals surface area (Å²) < 4.78 is 0. The van der Waals surface area contributed by atoms with Gasteiger partial charge in [0.05, 0.1) is 23.0 Å². The first-order chi connectivity index (χ1) is 9.43. The van der Waals surface area contributed by atoms with E-state index in [0.29, 0.717) is 4.90 Å². The van der Waals surface area contributed by atoms with E-state index in [2.05, 4.69) is 0 Å². The second-order valence-corrected chi connectivity index (χ2v) is 4.84. The number of carbonyl (C=O) groups is 4. The molecule has 102 valence electrons. The Bertz CT molecular complexity index is 681. The normalized spacial score (nSPS) is 23.7. The van der Waals surface area contributed by atoms with Crippen LogP contribution in [0.15, 0.2) is 18.2 Å². The van der Waals surface area contributed by atoms with Gasteiger partial charge in [-0.1, -0.05) is 6.07 Å². The molecule has 3 rings (SSSR count). The highest BCUT2D eigenvalue weighted by molar-refractivity contribution is 6.31. The first-order valence-corrected chi connectivity index (χ1v) is 5.97. The minimum Gasteiger partial charge on any atom is -0.481 e. The van der Waals surface area contributed by atoms with Crippen molar-refractivity contribution in [2.45, 2.75) is 6.42 Å². The SMILES string of the molecule is Nc1cccc2c1C(=O)N(C(=O)[C@@H]1C[C@@H]1C(=O)O)C2=O. The predicted molar refractivity (Wildman–Crippen MR) is 65.6 cm³/mol. The number of carboxylic acid groups (broad SMARTS) is 1. The Morgan fingerprint density at radius 2 is 1.90 bits per heavy atom. The van der Waals surface area contributed by atoms with Crippen LogP contribution in [-0.4, -0.2) is 33.7 Å². The average molecular weight is 274 g/mol. The summed E-state index contributed by atoms with van der Waals surface area (Å²) >= 11 is 0. The molecule has 7 nitrogen and oxygen atoms in total. The Labute approximate surface area is 113 Å². The second-order valence-electron chi connectivity index (χ2n) is 4.84. The molecule has 1 saturated carbocycles. The molecule has 7 heteroatoms. The number of hydrogen-bond donors (Lipinski definition) is 2. The number of hydrogen-bond acceptors (Lipinski definition) is 5. The molecule has 1 aromatic rings. The summed E-state index contributed by atoms with van der Waals surface area (Å²) in [6.07, 6.45) is 0.150. The van der Waals surface area contributed by atoms with Gasteiger partial charge in [0, 0.05) is 5.69 Å². The van der Waals surface area contributed by atoms with Crippen LogP contribution in [-0.2, 0) is 9.59 Å². The Hall–Kier alpha value is -2.70. The zero-order valence-corrected chi connectivity index (χ0v) is 10.2. The molecule has 1 aliphatic heterocycles. The molecule has 1 fully saturated rings. The van der Waals surface area contributed by atoms with Gasteiger partial charge in [0.25, 0.3) is 11.8 Å². The van der Waals surface area contributed by atoms with Crippen molar-refractivity contribution in [1.29, 1.82) is 0 Å². The molecule has 20 heavy (non-hydrogen) atoms. The van der Waals surface area contributed by atoms with Crippen LogP contribution in [0.1, 0.15) is 27.1 Å². The lowest BCUT2D eigenvalue weighted by Gasteiger charge is -2.11. The molecular weight excluding hydrogens is 264 g/mol. The number of imide groups is 3. The zero-order chi connectivity index (χ0) is 14.6. The lowest BCUT2D eigenvalue weighted by molar-refractivity contribution is -0.141. The standard InChI is InChI=1S/C13H10N2O5/c14-8-3-1-2-5-9(8)12(18)15(10(5)16)11(17)6-4-7(6)13(19)20/h1-3,6-7H,4,14H2,(H,19,20)/t6-,7+/m1/s1. The number of nitrogens with two attached hydrogens (primary N) is 1. The number of nitrogen functional groups attached to an aromatic ring is 1. The molecule has 2 aliphatic rings. The number of anilines is 1. The van der Waals surface area contributed by atoms with Crippen molar-refractivity contribution < 1.29 is 24.3 Å². The van der Waals surface area contributed by atoms with E-state index in [1.807, 2.05) is 0 Å². The quantitative estimate of drug-likeness (QED) is 0.584. The Balaban J connectivity index is 1.93. The van der Waals surface area contributed by atoms with Crippen molar-refractivity contribution in [2.24, 2.45) is 11.8 Å². The number of fused-ring (bicyclic) bond motifs is 1. The topological polar surface area (TPSA) is 118 Å². The summed E-state index contributed by atoms with van der Waals surface area (Å²) in [7, 11) is 0. The highest BCUT2D eigenvalue weighted by Crippen LogP contribution is 2.41. The van der Waals surface area contributed by atoms with E-state index in [9.17, 15) is 19.2 Å². The smallest absolute Gasteiger partial charge is 0.307 e. The second kappa shape index (κ2) is 3.89. The fourth-order valence-corrected chi connectivity index (χ4v) is 2.42. The molecule has 0 radical (unpaired) electrons. The predicted octanol–water partition coefficient (Wildman–Crippen LogP) is 0.112. The lowest BCUT2D eigenvalue weighted by atomic mass is 10.1. The summed E-state index contributed by atoms with van der Waals surface area (Å²) in [6, 6.07) is 4.40. The molecule has 0 spiro atoms. The summed E-state index contributed by atoms with van der Waals surface area (Å²) in [5.74, 6) is -5.00. The van der Waals surface area contributed by atoms with E-state index >= 15 is 0 Å². The van der Waals surface area contributed by atoms with E-state index in [1.54, 1.807) is 0 Å². The Kier molecular flexibility index (Phi) is 2.40. The largest absolute Gasteiger partial charge is 0.481 e. The number of nitrogens with zero attached hydrogens (tertiary/aromatic N) is 1. The van der Waals surface area contributed by atoms with Crippen LogP contribution in [0.2, 0.25) is 0 Å². The van der Waals surface area contributed by atoms with Crippen molar-refractivity contribution in [3.63, 3.8) is 0 Å². The molecule has 2 atom stereocenters. The van der Waals surface area contributed by atoms with Crippen molar-refractivity contribution >= 4 is 29.4 Å². The van der Waals surface area contributed by atoms with Crippen LogP contribution in [0.25, 0.3) is 0 Å². The van der Waals surface area contributed by atoms with Gasteiger partial charge in [0.2, 0.25) is 5.91 Å². The van der Waals surface area contributed by atoms with Crippen LogP contribution in [0, 0.1) is 11.8 Å². The molecule has 3 amide bonds. The minimum absolute atomic E-state index is 0.0124. The van der Waals surface area contributed by atoms with E-state index in [1.165, 1.54) is 18.2 Å². The Morgan fingerprint density at radius 1 is 1.20 bits per heavy atom. The molecule has 1 aliphatic carbocycles. The Morgan fingerprint density at radius 3 is 2.45 bits per heavy atom. The molecule has 1 aromatic carbocycles. The minimum atomic E-state index is -1.10. The zero-order valence-electron chi connectivity index (χ0n) is 10.2. The van der Waals surface area contributed by atoms with Crippen LogP contribution in [0.4, 0.5) is 5.69 Å². The van der Waals surface area contributed by atoms with Gasteiger partial charge in [-0.2, -0.15) is 0 Å². The van der Waals surface area contributed by atoms with E-state index in [-0.39, 0.29) is 23.2 Å². The third-order valence-electron chi connectivity index (χ3n) is 3.59. The lowest BCUT2D eigenvalue weighted by Crippen LogP contribution is -2.38. The van der Waals surface area contributed by atoms with Crippen molar-refractivity contribution in [1.82, 2.24) is 4.90 Å². The van der Waals surface area contributed by atoms with Gasteiger partial charge in [-0.05, 0) is 18.6 Å². The van der Waals surface area contributed by atoms with E-state index in [4.69, 9.17) is 10.8 Å². The molecule has 0 unspecified atom stereocenters. The molecule has 0 aromatic heterocycles. The number of benzene rings is 1. The van der Waals surface area contributed by atoms with Gasteiger partial charge in [-0.25, -0.2) is 4.90 Å². The van der Waals surface area contributed by atoms with Crippen LogP contribution >= 0.6 is 0 Å². The van der Waals surface area contributed by atoms with E-state index < -0.39 is 35.5 Å². The van der Waals surface area contributed by atoms with Gasteiger partial charge < -0.3 is 10.8 Å². The summed E-state index contributed by atoms with van der Waals surface area (Å²) in [5.41, 5.74) is 5.87. The number of aliphatic carboxylic acids is 1. The van der Waals surface area contributed by atoms with Crippen LogP contribution < -0.4 is 5.73 Å². The maximum atomic E-state index is 12.1. The van der Waals surface area contributed by atoms with Gasteiger partial charge in [-0.15, -0.1) is 0 Å². The first-order valence-electron chi connectivity index (χ1n) is 5.97. The highest BCUT2D eigenvalue weighted by atomic mass is 16.4. The third-order valence-corrected chi connectivity index (χ3v) is 3.59. The highest BCUT2D eigenvalue weighted by Gasteiger charge is 2.54. The van der Waals surface area contributed by atoms with E-state index in [0.717, 1.165) is 0 Å². The maximum Gasteiger partial charge on any atom is 0.307 e. The molecular formula is C13H10N2O5. The summed E-state index contributed by atoms with van der Waals surface area (Å²) in [5, 5.41) is 8.80. The van der Waals surface area contributed by atoms with Gasteiger partial charge >= 0.3 is 5.97 Å². The van der Waals surface area contributed by atoms with Crippen molar-refractivity contribution in [2.75, 3.05) is 5.73 Å². The molecule has 0 bridgehead atoms. The van der Waals surface area contributed by atoms with Crippen molar-refractivity contribution in [3.05, 3.63) is 29.3 Å². The van der Waals surface area contributed by atoms with Gasteiger partial charge in [0.15, 0.2) is 0 Å². The molecule has 0 saturated heterocycles. The van der Waals surface area contributed by atoms with Crippen LogP contribution in [0.3, 0.4) is 0 Å². The monoisotopic (exact) mass is 274 g/mol. The fraction of sp³-hybridized carbons (Fsp3) is 0.231. The molecule has 3 N–H and O–H groups in total. The number of amides is 3. The third kappa shape index (κ3) is 1.52. The fourth-order valence-electron chi connectivity index (χ4n) is 2.42. The summed E-state index contributed by atoms with van der Waals surface area (Å²) in [6.45, 7) is 0. The summed E-state index contributed by atoms with van der Waals surface area (Å²) in [4.78, 5) is 47.6.